The van der Waals surface area contributed by atoms with Gasteiger partial charge in [0.1, 0.15) is 0 Å². The molecule has 2 N–H and O–H groups in total. The van der Waals surface area contributed by atoms with E-state index in [2.05, 4.69) is 90.0 Å². The first-order valence-corrected chi connectivity index (χ1v) is 17.4. The molecule has 1 saturated carbocycles. The third-order valence-corrected chi connectivity index (χ3v) is 14.9. The van der Waals surface area contributed by atoms with Gasteiger partial charge < -0.3 is 5.73 Å². The minimum Gasteiger partial charge on any atom is -0.330 e. The predicted octanol–water partition coefficient (Wildman–Crippen LogP) is 10.2. The summed E-state index contributed by atoms with van der Waals surface area (Å²) in [6.07, 6.45) is 9.73. The van der Waals surface area contributed by atoms with Crippen molar-refractivity contribution >= 4 is 7.92 Å². The normalized spacial score (nSPS) is 30.5. The molecule has 1 rings (SSSR count). The Hall–Kier alpha value is 0.390. The molecule has 0 aromatic heterocycles. The third kappa shape index (κ3) is 9.27. The standard InChI is InChI=1S/C33H68NP/c1-14-35(23(4)5)21-27(9)26(8)19-30(20-34)32-18-17-31(28(10)33(12,13)29(32)11)25(7)16-15-24(6)22(2)3/h22-32H,14-21,34H2,1-13H3. The van der Waals surface area contributed by atoms with E-state index in [-0.39, 0.29) is 7.92 Å². The van der Waals surface area contributed by atoms with Gasteiger partial charge in [-0.1, -0.05) is 103 Å². The van der Waals surface area contributed by atoms with E-state index in [0.717, 1.165) is 65.5 Å². The second-order valence-corrected chi connectivity index (χ2v) is 17.7. The predicted molar refractivity (Wildman–Crippen MR) is 164 cm³/mol. The van der Waals surface area contributed by atoms with Crippen molar-refractivity contribution in [2.45, 2.75) is 128 Å². The minimum atomic E-state index is 0.175. The Bertz CT molecular complexity index is 569. The SMILES string of the molecule is CCP(CC(C)C(C)CC(CN)C1CCC(C(C)CCC(C)C(C)C)C(C)C(C)(C)C1C)C(C)C. The zero-order valence-corrected chi connectivity index (χ0v) is 27.4. The molecule has 0 bridgehead atoms. The molecule has 0 amide bonds. The highest BCUT2D eigenvalue weighted by Gasteiger charge is 2.46. The Morgan fingerprint density at radius 3 is 1.83 bits per heavy atom. The first kappa shape index (κ1) is 33.4. The fourth-order valence-electron chi connectivity index (χ4n) is 7.31. The van der Waals surface area contributed by atoms with Crippen LogP contribution in [0.1, 0.15) is 122 Å². The van der Waals surface area contributed by atoms with Crippen LogP contribution in [0.3, 0.4) is 0 Å². The van der Waals surface area contributed by atoms with Gasteiger partial charge in [-0.15, -0.1) is 7.92 Å². The van der Waals surface area contributed by atoms with E-state index < -0.39 is 0 Å². The molecule has 1 nitrogen and oxygen atoms in total. The van der Waals surface area contributed by atoms with Crippen LogP contribution in [0.25, 0.3) is 0 Å². The molecule has 0 aromatic carbocycles. The molecule has 1 aliphatic carbocycles. The van der Waals surface area contributed by atoms with Crippen LogP contribution in [-0.2, 0) is 0 Å². The van der Waals surface area contributed by atoms with Crippen LogP contribution in [0.5, 0.6) is 0 Å². The maximum Gasteiger partial charge on any atom is -0.00460 e. The molecule has 0 saturated heterocycles. The van der Waals surface area contributed by atoms with Crippen molar-refractivity contribution in [2.24, 2.45) is 70.3 Å². The van der Waals surface area contributed by atoms with Gasteiger partial charge in [0.2, 0.25) is 0 Å². The molecule has 35 heavy (non-hydrogen) atoms. The molecular formula is C33H68NP. The van der Waals surface area contributed by atoms with Crippen molar-refractivity contribution in [1.29, 1.82) is 0 Å². The van der Waals surface area contributed by atoms with Crippen LogP contribution < -0.4 is 5.73 Å². The van der Waals surface area contributed by atoms with Crippen LogP contribution in [0.15, 0.2) is 0 Å². The molecule has 10 unspecified atom stereocenters. The molecule has 0 spiro atoms. The zero-order valence-electron chi connectivity index (χ0n) is 26.5. The van der Waals surface area contributed by atoms with Gasteiger partial charge in [0.15, 0.2) is 0 Å². The van der Waals surface area contributed by atoms with Gasteiger partial charge in [-0.25, -0.2) is 0 Å². The topological polar surface area (TPSA) is 26.0 Å². The molecule has 0 heterocycles. The monoisotopic (exact) mass is 510 g/mol. The summed E-state index contributed by atoms with van der Waals surface area (Å²) in [6.45, 7) is 33.4. The Kier molecular flexibility index (Phi) is 14.4. The summed E-state index contributed by atoms with van der Waals surface area (Å²) in [7, 11) is 0.175. The van der Waals surface area contributed by atoms with Gasteiger partial charge in [0.25, 0.3) is 0 Å². The summed E-state index contributed by atoms with van der Waals surface area (Å²) in [4.78, 5) is 0. The highest BCUT2D eigenvalue weighted by Crippen LogP contribution is 2.53. The summed E-state index contributed by atoms with van der Waals surface area (Å²) in [6, 6.07) is 0. The summed E-state index contributed by atoms with van der Waals surface area (Å²) in [5.41, 5.74) is 7.81. The lowest BCUT2D eigenvalue weighted by molar-refractivity contribution is 0.0431. The van der Waals surface area contributed by atoms with Crippen LogP contribution in [0.2, 0.25) is 0 Å². The summed E-state index contributed by atoms with van der Waals surface area (Å²) < 4.78 is 0. The summed E-state index contributed by atoms with van der Waals surface area (Å²) in [5, 5.41) is 0. The largest absolute Gasteiger partial charge is 0.330 e. The molecule has 0 radical (unpaired) electrons. The van der Waals surface area contributed by atoms with E-state index in [1.165, 1.54) is 44.4 Å². The van der Waals surface area contributed by atoms with E-state index in [1.54, 1.807) is 0 Å². The Labute approximate surface area is 224 Å². The van der Waals surface area contributed by atoms with Crippen molar-refractivity contribution in [3.8, 4) is 0 Å². The maximum atomic E-state index is 6.57. The summed E-state index contributed by atoms with van der Waals surface area (Å²) >= 11 is 0. The van der Waals surface area contributed by atoms with Crippen molar-refractivity contribution in [2.75, 3.05) is 18.9 Å². The molecule has 1 fully saturated rings. The van der Waals surface area contributed by atoms with Crippen LogP contribution in [-0.4, -0.2) is 24.5 Å². The lowest BCUT2D eigenvalue weighted by Gasteiger charge is -2.45. The van der Waals surface area contributed by atoms with Gasteiger partial charge in [0, 0.05) is 0 Å². The van der Waals surface area contributed by atoms with Crippen LogP contribution in [0, 0.1) is 64.6 Å². The molecule has 210 valence electrons. The number of nitrogens with two attached hydrogens (primary N) is 1. The summed E-state index contributed by atoms with van der Waals surface area (Å²) in [5.74, 6) is 7.90. The Morgan fingerprint density at radius 2 is 1.34 bits per heavy atom. The van der Waals surface area contributed by atoms with E-state index in [1.807, 2.05) is 0 Å². The first-order chi connectivity index (χ1) is 16.2. The first-order valence-electron chi connectivity index (χ1n) is 15.6. The van der Waals surface area contributed by atoms with Crippen LogP contribution in [0.4, 0.5) is 0 Å². The van der Waals surface area contributed by atoms with Crippen molar-refractivity contribution < 1.29 is 0 Å². The molecule has 0 aromatic rings. The Morgan fingerprint density at radius 1 is 0.800 bits per heavy atom. The lowest BCUT2D eigenvalue weighted by Crippen LogP contribution is -2.39. The minimum absolute atomic E-state index is 0.175. The van der Waals surface area contributed by atoms with Crippen LogP contribution >= 0.6 is 7.92 Å². The smallest absolute Gasteiger partial charge is 0.00460 e. The van der Waals surface area contributed by atoms with Gasteiger partial charge in [-0.2, -0.15) is 0 Å². The van der Waals surface area contributed by atoms with E-state index in [0.29, 0.717) is 11.3 Å². The van der Waals surface area contributed by atoms with Crippen molar-refractivity contribution in [1.82, 2.24) is 0 Å². The number of rotatable bonds is 14. The average Bonchev–Trinajstić information content (AvgIpc) is 2.88. The molecular weight excluding hydrogens is 441 g/mol. The fraction of sp³-hybridized carbons (Fsp3) is 1.00. The second-order valence-electron chi connectivity index (χ2n) is 14.4. The van der Waals surface area contributed by atoms with Gasteiger partial charge in [0.05, 0.1) is 0 Å². The highest BCUT2D eigenvalue weighted by atomic mass is 31.1. The van der Waals surface area contributed by atoms with Gasteiger partial charge >= 0.3 is 0 Å². The van der Waals surface area contributed by atoms with Crippen molar-refractivity contribution in [3.63, 3.8) is 0 Å². The van der Waals surface area contributed by atoms with E-state index in [4.69, 9.17) is 5.73 Å². The second kappa shape index (κ2) is 15.1. The molecule has 0 aliphatic heterocycles. The quantitative estimate of drug-likeness (QED) is 0.183. The molecule has 10 atom stereocenters. The Balaban J connectivity index is 2.95. The maximum absolute atomic E-state index is 6.57. The van der Waals surface area contributed by atoms with E-state index in [9.17, 15) is 0 Å². The van der Waals surface area contributed by atoms with Crippen molar-refractivity contribution in [3.05, 3.63) is 0 Å². The molecule has 1 aliphatic rings. The lowest BCUT2D eigenvalue weighted by atomic mass is 9.61. The highest BCUT2D eigenvalue weighted by molar-refractivity contribution is 7.58. The number of hydrogen-bond acceptors (Lipinski definition) is 1. The number of hydrogen-bond donors (Lipinski definition) is 1. The van der Waals surface area contributed by atoms with Gasteiger partial charge in [-0.3, -0.25) is 0 Å². The zero-order chi connectivity index (χ0) is 27.1. The van der Waals surface area contributed by atoms with Gasteiger partial charge in [-0.05, 0) is 108 Å². The van der Waals surface area contributed by atoms with E-state index >= 15 is 0 Å². The average molecular weight is 510 g/mol. The third-order valence-electron chi connectivity index (χ3n) is 11.6. The molecule has 2 heteroatoms. The fourth-order valence-corrected chi connectivity index (χ4v) is 9.82.